The highest BCUT2D eigenvalue weighted by Crippen LogP contribution is 2.37. The number of ether oxygens (including phenoxy) is 1. The molecule has 4 heteroatoms. The first-order valence-corrected chi connectivity index (χ1v) is 7.83. The third kappa shape index (κ3) is 2.74. The van der Waals surface area contributed by atoms with Gasteiger partial charge in [-0.25, -0.2) is 0 Å². The quantitative estimate of drug-likeness (QED) is 0.803. The number of hydrogen-bond acceptors (Lipinski definition) is 3. The second kappa shape index (κ2) is 6.16. The Morgan fingerprint density at radius 2 is 1.96 bits per heavy atom. The Balaban J connectivity index is 1.55. The van der Waals surface area contributed by atoms with Crippen molar-refractivity contribution in [3.8, 4) is 16.9 Å². The Hall–Kier alpha value is -3.14. The van der Waals surface area contributed by atoms with Gasteiger partial charge in [0, 0.05) is 35.6 Å². The summed E-state index contributed by atoms with van der Waals surface area (Å²) in [7, 11) is 0. The Labute approximate surface area is 140 Å². The molecule has 1 aliphatic heterocycles. The van der Waals surface area contributed by atoms with E-state index >= 15 is 0 Å². The maximum absolute atomic E-state index is 12.4. The van der Waals surface area contributed by atoms with E-state index in [-0.39, 0.29) is 5.91 Å². The molecule has 118 valence electrons. The molecule has 4 rings (SSSR count). The number of rotatable bonds is 3. The summed E-state index contributed by atoms with van der Waals surface area (Å²) in [6.45, 7) is 0.984. The van der Waals surface area contributed by atoms with E-state index in [4.69, 9.17) is 4.74 Å². The van der Waals surface area contributed by atoms with Crippen molar-refractivity contribution in [2.45, 2.75) is 13.2 Å². The summed E-state index contributed by atoms with van der Waals surface area (Å²) >= 11 is 0. The van der Waals surface area contributed by atoms with E-state index in [0.29, 0.717) is 18.7 Å². The molecule has 1 aromatic heterocycles. The van der Waals surface area contributed by atoms with Crippen molar-refractivity contribution in [3.63, 3.8) is 0 Å². The first-order chi connectivity index (χ1) is 11.8. The van der Waals surface area contributed by atoms with Crippen molar-refractivity contribution in [1.82, 2.24) is 10.3 Å². The van der Waals surface area contributed by atoms with Crippen LogP contribution in [0.15, 0.2) is 67.0 Å². The van der Waals surface area contributed by atoms with Gasteiger partial charge in [-0.2, -0.15) is 0 Å². The molecule has 3 aromatic rings. The minimum absolute atomic E-state index is 0.106. The normalized spacial score (nSPS) is 11.8. The van der Waals surface area contributed by atoms with Crippen LogP contribution in [0.3, 0.4) is 0 Å². The summed E-state index contributed by atoms with van der Waals surface area (Å²) in [5, 5.41) is 2.94. The van der Waals surface area contributed by atoms with E-state index in [1.165, 1.54) is 0 Å². The average Bonchev–Trinajstić information content (AvgIpc) is 2.66. The number of nitrogens with one attached hydrogen (secondary N) is 1. The van der Waals surface area contributed by atoms with Crippen LogP contribution in [-0.2, 0) is 13.2 Å². The zero-order valence-corrected chi connectivity index (χ0v) is 13.0. The van der Waals surface area contributed by atoms with Crippen LogP contribution >= 0.6 is 0 Å². The van der Waals surface area contributed by atoms with Gasteiger partial charge >= 0.3 is 0 Å². The monoisotopic (exact) mass is 316 g/mol. The number of fused-ring (bicyclic) bond motifs is 3. The highest BCUT2D eigenvalue weighted by Gasteiger charge is 2.18. The van der Waals surface area contributed by atoms with E-state index in [0.717, 1.165) is 28.0 Å². The molecule has 0 aliphatic carbocycles. The lowest BCUT2D eigenvalue weighted by Gasteiger charge is -2.20. The van der Waals surface area contributed by atoms with Crippen LogP contribution in [0.4, 0.5) is 0 Å². The number of benzene rings is 2. The second-order valence-electron chi connectivity index (χ2n) is 5.70. The fourth-order valence-electron chi connectivity index (χ4n) is 2.85. The van der Waals surface area contributed by atoms with Crippen molar-refractivity contribution in [2.75, 3.05) is 0 Å². The molecule has 2 aromatic carbocycles. The third-order valence-electron chi connectivity index (χ3n) is 4.12. The fourth-order valence-corrected chi connectivity index (χ4v) is 2.85. The third-order valence-corrected chi connectivity index (χ3v) is 4.12. The number of nitrogens with zero attached hydrogens (tertiary/aromatic N) is 1. The molecule has 0 atom stereocenters. The second-order valence-corrected chi connectivity index (χ2v) is 5.70. The molecule has 0 spiro atoms. The smallest absolute Gasteiger partial charge is 0.251 e. The van der Waals surface area contributed by atoms with E-state index in [1.807, 2.05) is 54.7 Å². The maximum atomic E-state index is 12.4. The van der Waals surface area contributed by atoms with Gasteiger partial charge in [0.25, 0.3) is 5.91 Å². The molecule has 0 saturated heterocycles. The molecule has 1 N–H and O–H groups in total. The predicted octanol–water partition coefficient (Wildman–Crippen LogP) is 3.57. The van der Waals surface area contributed by atoms with Crippen LogP contribution < -0.4 is 10.1 Å². The lowest BCUT2D eigenvalue weighted by molar-refractivity contribution is 0.0950. The van der Waals surface area contributed by atoms with Gasteiger partial charge in [-0.15, -0.1) is 0 Å². The van der Waals surface area contributed by atoms with Gasteiger partial charge in [0.05, 0.1) is 0 Å². The van der Waals surface area contributed by atoms with Crippen LogP contribution in [0.2, 0.25) is 0 Å². The van der Waals surface area contributed by atoms with E-state index in [1.54, 1.807) is 12.3 Å². The van der Waals surface area contributed by atoms with Gasteiger partial charge in [0.1, 0.15) is 12.4 Å². The van der Waals surface area contributed by atoms with E-state index < -0.39 is 0 Å². The fraction of sp³-hybridized carbons (Fsp3) is 0.100. The zero-order valence-electron chi connectivity index (χ0n) is 13.0. The summed E-state index contributed by atoms with van der Waals surface area (Å²) in [4.78, 5) is 16.5. The lowest BCUT2D eigenvalue weighted by atomic mass is 9.97. The van der Waals surface area contributed by atoms with Crippen molar-refractivity contribution in [3.05, 3.63) is 83.7 Å². The Bertz CT molecular complexity index is 891. The van der Waals surface area contributed by atoms with Gasteiger partial charge in [-0.1, -0.05) is 30.3 Å². The standard InChI is InChI=1S/C20H16N2O2/c23-20(22-11-14-4-2-1-3-5-14)15-6-7-18-17-8-9-21-12-16(17)13-24-19(18)10-15/h1-10,12H,11,13H2,(H,22,23). The van der Waals surface area contributed by atoms with Crippen LogP contribution in [0, 0.1) is 0 Å². The maximum Gasteiger partial charge on any atom is 0.251 e. The van der Waals surface area contributed by atoms with Crippen LogP contribution in [0.5, 0.6) is 5.75 Å². The number of pyridine rings is 1. The number of hydrogen-bond donors (Lipinski definition) is 1. The highest BCUT2D eigenvalue weighted by molar-refractivity contribution is 5.95. The minimum Gasteiger partial charge on any atom is -0.488 e. The number of amides is 1. The molecule has 4 nitrogen and oxygen atoms in total. The predicted molar refractivity (Wildman–Crippen MR) is 91.6 cm³/mol. The number of carbonyl (C=O) groups is 1. The summed E-state index contributed by atoms with van der Waals surface area (Å²) < 4.78 is 5.78. The molecular formula is C20H16N2O2. The summed E-state index contributed by atoms with van der Waals surface area (Å²) in [5.74, 6) is 0.631. The molecule has 0 radical (unpaired) electrons. The largest absolute Gasteiger partial charge is 0.488 e. The van der Waals surface area contributed by atoms with Crippen molar-refractivity contribution in [1.29, 1.82) is 0 Å². The summed E-state index contributed by atoms with van der Waals surface area (Å²) in [6.07, 6.45) is 3.59. The molecule has 1 amide bonds. The lowest BCUT2D eigenvalue weighted by Crippen LogP contribution is -2.23. The van der Waals surface area contributed by atoms with E-state index in [2.05, 4.69) is 10.3 Å². The molecular weight excluding hydrogens is 300 g/mol. The van der Waals surface area contributed by atoms with Gasteiger partial charge in [-0.3, -0.25) is 9.78 Å². The van der Waals surface area contributed by atoms with E-state index in [9.17, 15) is 4.79 Å². The summed E-state index contributed by atoms with van der Waals surface area (Å²) in [5.41, 5.74) is 4.84. The molecule has 0 saturated carbocycles. The van der Waals surface area contributed by atoms with Gasteiger partial charge < -0.3 is 10.1 Å². The van der Waals surface area contributed by atoms with Crippen molar-refractivity contribution < 1.29 is 9.53 Å². The van der Waals surface area contributed by atoms with Gasteiger partial charge in [-0.05, 0) is 35.4 Å². The summed E-state index contributed by atoms with van der Waals surface area (Å²) in [6, 6.07) is 17.4. The van der Waals surface area contributed by atoms with Gasteiger partial charge in [0.2, 0.25) is 0 Å². The first kappa shape index (κ1) is 14.5. The zero-order chi connectivity index (χ0) is 16.4. The molecule has 2 heterocycles. The Morgan fingerprint density at radius 1 is 1.08 bits per heavy atom. The first-order valence-electron chi connectivity index (χ1n) is 7.83. The van der Waals surface area contributed by atoms with Crippen LogP contribution in [0.25, 0.3) is 11.1 Å². The molecule has 24 heavy (non-hydrogen) atoms. The Morgan fingerprint density at radius 3 is 2.83 bits per heavy atom. The van der Waals surface area contributed by atoms with Gasteiger partial charge in [0.15, 0.2) is 0 Å². The van der Waals surface area contributed by atoms with Crippen LogP contribution in [-0.4, -0.2) is 10.9 Å². The SMILES string of the molecule is O=C(NCc1ccccc1)c1ccc2c(c1)OCc1cnccc1-2. The molecule has 0 fully saturated rings. The Kier molecular flexibility index (Phi) is 3.71. The molecule has 0 unspecified atom stereocenters. The number of aromatic nitrogens is 1. The molecule has 0 bridgehead atoms. The van der Waals surface area contributed by atoms with Crippen molar-refractivity contribution >= 4 is 5.91 Å². The highest BCUT2D eigenvalue weighted by atomic mass is 16.5. The minimum atomic E-state index is -0.106. The van der Waals surface area contributed by atoms with Crippen molar-refractivity contribution in [2.24, 2.45) is 0 Å². The molecule has 1 aliphatic rings. The number of carbonyl (C=O) groups excluding carboxylic acids is 1. The topological polar surface area (TPSA) is 51.2 Å². The van der Waals surface area contributed by atoms with Crippen LogP contribution in [0.1, 0.15) is 21.5 Å². The average molecular weight is 316 g/mol.